The number of sulfone groups is 1. The van der Waals surface area contributed by atoms with E-state index in [1.54, 1.807) is 24.3 Å². The van der Waals surface area contributed by atoms with Crippen molar-refractivity contribution in [2.75, 3.05) is 6.26 Å². The highest BCUT2D eigenvalue weighted by Gasteiger charge is 2.08. The summed E-state index contributed by atoms with van der Waals surface area (Å²) < 4.78 is 22.4. The van der Waals surface area contributed by atoms with Crippen LogP contribution >= 0.6 is 0 Å². The summed E-state index contributed by atoms with van der Waals surface area (Å²) in [5.41, 5.74) is 6.91. The Kier molecular flexibility index (Phi) is 3.88. The Hall–Kier alpha value is -0.870. The van der Waals surface area contributed by atoms with Crippen molar-refractivity contribution in [3.8, 4) is 0 Å². The van der Waals surface area contributed by atoms with Gasteiger partial charge in [-0.2, -0.15) is 0 Å². The molecule has 0 saturated carbocycles. The van der Waals surface area contributed by atoms with Gasteiger partial charge in [-0.3, -0.25) is 0 Å². The van der Waals surface area contributed by atoms with Crippen molar-refractivity contribution in [2.24, 2.45) is 5.73 Å². The van der Waals surface area contributed by atoms with E-state index in [4.69, 9.17) is 5.73 Å². The molecule has 0 aromatic heterocycles. The van der Waals surface area contributed by atoms with Crippen LogP contribution in [0.4, 0.5) is 0 Å². The molecule has 15 heavy (non-hydrogen) atoms. The molecule has 1 aromatic carbocycles. The first-order chi connectivity index (χ1) is 6.95. The van der Waals surface area contributed by atoms with E-state index in [1.807, 2.05) is 0 Å². The van der Waals surface area contributed by atoms with Gasteiger partial charge in [0.25, 0.3) is 0 Å². The van der Waals surface area contributed by atoms with Crippen molar-refractivity contribution >= 4 is 9.84 Å². The third-order valence-electron chi connectivity index (χ3n) is 2.34. The van der Waals surface area contributed by atoms with Crippen LogP contribution in [0.5, 0.6) is 0 Å². The Morgan fingerprint density at radius 3 is 2.20 bits per heavy atom. The lowest BCUT2D eigenvalue weighted by molar-refractivity contribution is 0.601. The maximum atomic E-state index is 11.2. The summed E-state index contributed by atoms with van der Waals surface area (Å²) in [5, 5.41) is 0. The van der Waals surface area contributed by atoms with E-state index in [1.165, 1.54) is 6.26 Å². The van der Waals surface area contributed by atoms with Gasteiger partial charge in [0, 0.05) is 12.3 Å². The molecule has 0 fully saturated rings. The highest BCUT2D eigenvalue weighted by atomic mass is 32.2. The Balaban J connectivity index is 2.90. The van der Waals surface area contributed by atoms with Crippen LogP contribution in [0.25, 0.3) is 0 Å². The predicted octanol–water partition coefficient (Wildman–Crippen LogP) is 1.89. The van der Waals surface area contributed by atoms with E-state index in [9.17, 15) is 8.42 Å². The highest BCUT2D eigenvalue weighted by Crippen LogP contribution is 2.18. The van der Waals surface area contributed by atoms with Crippen molar-refractivity contribution in [1.82, 2.24) is 0 Å². The summed E-state index contributed by atoms with van der Waals surface area (Å²) in [6.07, 6.45) is 3.14. The van der Waals surface area contributed by atoms with Crippen molar-refractivity contribution in [3.63, 3.8) is 0 Å². The molecule has 1 unspecified atom stereocenters. The minimum absolute atomic E-state index is 0.00334. The standard InChI is InChI=1S/C11H17NO2S/c1-3-4-11(12)9-5-7-10(8-6-9)15(2,13)14/h5-8,11H,3-4,12H2,1-2H3. The molecule has 3 nitrogen and oxygen atoms in total. The molecule has 4 heteroatoms. The second kappa shape index (κ2) is 4.77. The third kappa shape index (κ3) is 3.32. The summed E-state index contributed by atoms with van der Waals surface area (Å²) >= 11 is 0. The Labute approximate surface area is 91.2 Å². The van der Waals surface area contributed by atoms with Crippen LogP contribution in [0.2, 0.25) is 0 Å². The smallest absolute Gasteiger partial charge is 0.175 e. The largest absolute Gasteiger partial charge is 0.324 e. The van der Waals surface area contributed by atoms with Gasteiger partial charge >= 0.3 is 0 Å². The van der Waals surface area contributed by atoms with Gasteiger partial charge in [0.05, 0.1) is 4.90 Å². The summed E-state index contributed by atoms with van der Waals surface area (Å²) in [5.74, 6) is 0. The molecule has 1 rings (SSSR count). The zero-order chi connectivity index (χ0) is 11.5. The van der Waals surface area contributed by atoms with Gasteiger partial charge in [0.1, 0.15) is 0 Å². The van der Waals surface area contributed by atoms with Gasteiger partial charge in [-0.25, -0.2) is 8.42 Å². The third-order valence-corrected chi connectivity index (χ3v) is 3.46. The van der Waals surface area contributed by atoms with E-state index in [-0.39, 0.29) is 6.04 Å². The summed E-state index contributed by atoms with van der Waals surface area (Å²) in [6.45, 7) is 2.07. The predicted molar refractivity (Wildman–Crippen MR) is 61.4 cm³/mol. The molecule has 0 radical (unpaired) electrons. The molecule has 0 bridgehead atoms. The van der Waals surface area contributed by atoms with Crippen LogP contribution in [-0.4, -0.2) is 14.7 Å². The van der Waals surface area contributed by atoms with E-state index in [0.29, 0.717) is 4.90 Å². The quantitative estimate of drug-likeness (QED) is 0.854. The Morgan fingerprint density at radius 2 is 1.80 bits per heavy atom. The summed E-state index contributed by atoms with van der Waals surface area (Å²) in [6, 6.07) is 6.80. The molecular formula is C11H17NO2S. The molecule has 2 N–H and O–H groups in total. The number of hydrogen-bond donors (Lipinski definition) is 1. The maximum absolute atomic E-state index is 11.2. The van der Waals surface area contributed by atoms with Gasteiger partial charge in [0.15, 0.2) is 9.84 Å². The molecule has 0 spiro atoms. The van der Waals surface area contributed by atoms with E-state index in [2.05, 4.69) is 6.92 Å². The van der Waals surface area contributed by atoms with Crippen LogP contribution in [0, 0.1) is 0 Å². The molecular weight excluding hydrogens is 210 g/mol. The van der Waals surface area contributed by atoms with Gasteiger partial charge < -0.3 is 5.73 Å². The minimum Gasteiger partial charge on any atom is -0.324 e. The number of hydrogen-bond acceptors (Lipinski definition) is 3. The molecule has 1 atom stereocenters. The summed E-state index contributed by atoms with van der Waals surface area (Å²) in [7, 11) is -3.10. The average molecular weight is 227 g/mol. The van der Waals surface area contributed by atoms with Gasteiger partial charge in [-0.1, -0.05) is 25.5 Å². The first kappa shape index (κ1) is 12.2. The zero-order valence-corrected chi connectivity index (χ0v) is 9.92. The van der Waals surface area contributed by atoms with Crippen LogP contribution < -0.4 is 5.73 Å². The average Bonchev–Trinajstić information content (AvgIpc) is 2.17. The van der Waals surface area contributed by atoms with Gasteiger partial charge in [0.2, 0.25) is 0 Å². The van der Waals surface area contributed by atoms with Crippen molar-refractivity contribution < 1.29 is 8.42 Å². The van der Waals surface area contributed by atoms with E-state index >= 15 is 0 Å². The molecule has 0 aliphatic carbocycles. The lowest BCUT2D eigenvalue weighted by Gasteiger charge is -2.10. The maximum Gasteiger partial charge on any atom is 0.175 e. The lowest BCUT2D eigenvalue weighted by Crippen LogP contribution is -2.09. The van der Waals surface area contributed by atoms with Crippen LogP contribution in [0.15, 0.2) is 29.2 Å². The fraction of sp³-hybridized carbons (Fsp3) is 0.455. The Bertz CT molecular complexity index is 409. The van der Waals surface area contributed by atoms with E-state index < -0.39 is 9.84 Å². The Morgan fingerprint density at radius 1 is 1.27 bits per heavy atom. The van der Waals surface area contributed by atoms with E-state index in [0.717, 1.165) is 18.4 Å². The molecule has 0 aliphatic rings. The first-order valence-corrected chi connectivity index (χ1v) is 6.90. The molecule has 0 amide bonds. The number of rotatable bonds is 4. The van der Waals surface area contributed by atoms with Crippen LogP contribution in [0.1, 0.15) is 31.4 Å². The van der Waals surface area contributed by atoms with Crippen molar-refractivity contribution in [2.45, 2.75) is 30.7 Å². The topological polar surface area (TPSA) is 60.2 Å². The highest BCUT2D eigenvalue weighted by molar-refractivity contribution is 7.90. The molecule has 1 aromatic rings. The fourth-order valence-corrected chi connectivity index (χ4v) is 2.07. The number of nitrogens with two attached hydrogens (primary N) is 1. The van der Waals surface area contributed by atoms with Gasteiger partial charge in [-0.05, 0) is 24.1 Å². The summed E-state index contributed by atoms with van der Waals surface area (Å²) in [4.78, 5) is 0.343. The zero-order valence-electron chi connectivity index (χ0n) is 9.10. The first-order valence-electron chi connectivity index (χ1n) is 5.00. The van der Waals surface area contributed by atoms with Gasteiger partial charge in [-0.15, -0.1) is 0 Å². The monoisotopic (exact) mass is 227 g/mol. The molecule has 0 heterocycles. The normalized spacial score (nSPS) is 13.8. The van der Waals surface area contributed by atoms with Crippen molar-refractivity contribution in [1.29, 1.82) is 0 Å². The van der Waals surface area contributed by atoms with Crippen LogP contribution in [0.3, 0.4) is 0 Å². The van der Waals surface area contributed by atoms with Crippen LogP contribution in [-0.2, 0) is 9.84 Å². The lowest BCUT2D eigenvalue weighted by atomic mass is 10.0. The number of benzene rings is 1. The minimum atomic E-state index is -3.10. The fourth-order valence-electron chi connectivity index (χ4n) is 1.44. The molecule has 0 aliphatic heterocycles. The second-order valence-electron chi connectivity index (χ2n) is 3.74. The van der Waals surface area contributed by atoms with Crippen molar-refractivity contribution in [3.05, 3.63) is 29.8 Å². The molecule has 84 valence electrons. The second-order valence-corrected chi connectivity index (χ2v) is 5.75. The molecule has 0 saturated heterocycles. The SMILES string of the molecule is CCCC(N)c1ccc(S(C)(=O)=O)cc1.